The zero-order valence-electron chi connectivity index (χ0n) is 10.0. The van der Waals surface area contributed by atoms with E-state index in [1.807, 2.05) is 12.1 Å². The van der Waals surface area contributed by atoms with Crippen molar-refractivity contribution in [1.82, 2.24) is 4.90 Å². The average molecular weight is 233 g/mol. The summed E-state index contributed by atoms with van der Waals surface area (Å²) in [5, 5.41) is 9.49. The molecule has 1 N–H and O–H groups in total. The highest BCUT2D eigenvalue weighted by Crippen LogP contribution is 2.30. The molecule has 0 aromatic heterocycles. The molecule has 0 amide bonds. The molecular weight excluding hydrogens is 214 g/mol. The third kappa shape index (κ3) is 2.31. The Labute approximate surface area is 102 Å². The van der Waals surface area contributed by atoms with Gasteiger partial charge in [0.15, 0.2) is 0 Å². The Morgan fingerprint density at radius 1 is 1.35 bits per heavy atom. The lowest BCUT2D eigenvalue weighted by Crippen LogP contribution is -2.47. The van der Waals surface area contributed by atoms with E-state index in [0.717, 1.165) is 19.7 Å². The first-order valence-corrected chi connectivity index (χ1v) is 6.46. The van der Waals surface area contributed by atoms with Crippen LogP contribution in [0.3, 0.4) is 0 Å². The van der Waals surface area contributed by atoms with Crippen molar-refractivity contribution in [2.45, 2.75) is 38.0 Å². The second-order valence-electron chi connectivity index (χ2n) is 5.05. The largest absolute Gasteiger partial charge is 0.508 e. The molecule has 1 heterocycles. The molecule has 2 fully saturated rings. The van der Waals surface area contributed by atoms with Gasteiger partial charge in [-0.15, -0.1) is 0 Å². The van der Waals surface area contributed by atoms with Gasteiger partial charge < -0.3 is 9.84 Å². The predicted octanol–water partition coefficient (Wildman–Crippen LogP) is 2.15. The van der Waals surface area contributed by atoms with Gasteiger partial charge in [0, 0.05) is 19.1 Å². The molecule has 1 saturated carbocycles. The second-order valence-corrected chi connectivity index (χ2v) is 5.05. The van der Waals surface area contributed by atoms with E-state index in [-0.39, 0.29) is 0 Å². The number of morpholine rings is 1. The van der Waals surface area contributed by atoms with Crippen molar-refractivity contribution in [3.63, 3.8) is 0 Å². The highest BCUT2D eigenvalue weighted by Gasteiger charge is 2.35. The fourth-order valence-corrected chi connectivity index (χ4v) is 3.09. The quantitative estimate of drug-likeness (QED) is 0.849. The molecule has 0 bridgehead atoms. The molecule has 92 valence electrons. The van der Waals surface area contributed by atoms with Crippen molar-refractivity contribution < 1.29 is 9.84 Å². The van der Waals surface area contributed by atoms with E-state index in [4.69, 9.17) is 4.74 Å². The smallest absolute Gasteiger partial charge is 0.115 e. The Hall–Kier alpha value is -1.06. The van der Waals surface area contributed by atoms with E-state index < -0.39 is 0 Å². The Balaban J connectivity index is 1.71. The van der Waals surface area contributed by atoms with E-state index in [1.54, 1.807) is 6.07 Å². The lowest BCUT2D eigenvalue weighted by Gasteiger charge is -2.37. The minimum Gasteiger partial charge on any atom is -0.508 e. The summed E-state index contributed by atoms with van der Waals surface area (Å²) in [6, 6.07) is 8.17. The molecule has 3 heteroatoms. The van der Waals surface area contributed by atoms with Crippen molar-refractivity contribution in [2.75, 3.05) is 13.2 Å². The van der Waals surface area contributed by atoms with Crippen LogP contribution in [0, 0.1) is 0 Å². The fraction of sp³-hybridized carbons (Fsp3) is 0.571. The average Bonchev–Trinajstić information content (AvgIpc) is 2.78. The lowest BCUT2D eigenvalue weighted by atomic mass is 10.1. The SMILES string of the molecule is Oc1cccc(CN2CCOC3CCCC32)c1. The molecule has 17 heavy (non-hydrogen) atoms. The van der Waals surface area contributed by atoms with E-state index in [2.05, 4.69) is 11.0 Å². The summed E-state index contributed by atoms with van der Waals surface area (Å²) in [6.07, 6.45) is 4.19. The highest BCUT2D eigenvalue weighted by molar-refractivity contribution is 5.27. The van der Waals surface area contributed by atoms with Gasteiger partial charge in [-0.2, -0.15) is 0 Å². The molecule has 1 aliphatic heterocycles. The fourth-order valence-electron chi connectivity index (χ4n) is 3.09. The Kier molecular flexibility index (Phi) is 3.04. The van der Waals surface area contributed by atoms with Crippen LogP contribution in [0.2, 0.25) is 0 Å². The van der Waals surface area contributed by atoms with Gasteiger partial charge in [-0.05, 0) is 37.0 Å². The van der Waals surface area contributed by atoms with Crippen molar-refractivity contribution in [3.8, 4) is 5.75 Å². The number of ether oxygens (including phenoxy) is 1. The van der Waals surface area contributed by atoms with Crippen LogP contribution in [-0.4, -0.2) is 35.3 Å². The summed E-state index contributed by atoms with van der Waals surface area (Å²) in [4.78, 5) is 2.51. The molecule has 3 nitrogen and oxygen atoms in total. The molecular formula is C14H19NO2. The zero-order valence-corrected chi connectivity index (χ0v) is 10.0. The van der Waals surface area contributed by atoms with Gasteiger partial charge in [0.05, 0.1) is 12.7 Å². The van der Waals surface area contributed by atoms with Gasteiger partial charge in [0.25, 0.3) is 0 Å². The molecule has 2 unspecified atom stereocenters. The molecule has 2 aliphatic rings. The van der Waals surface area contributed by atoms with Gasteiger partial charge in [0.1, 0.15) is 5.75 Å². The van der Waals surface area contributed by atoms with Gasteiger partial charge in [-0.25, -0.2) is 0 Å². The molecule has 1 aliphatic carbocycles. The Morgan fingerprint density at radius 2 is 2.29 bits per heavy atom. The van der Waals surface area contributed by atoms with Gasteiger partial charge in [-0.1, -0.05) is 12.1 Å². The number of phenolic OH excluding ortho intramolecular Hbond substituents is 1. The number of benzene rings is 1. The zero-order chi connectivity index (χ0) is 11.7. The molecule has 1 saturated heterocycles. The number of hydrogen-bond acceptors (Lipinski definition) is 3. The summed E-state index contributed by atoms with van der Waals surface area (Å²) >= 11 is 0. The van der Waals surface area contributed by atoms with Crippen molar-refractivity contribution >= 4 is 0 Å². The predicted molar refractivity (Wildman–Crippen MR) is 65.9 cm³/mol. The number of phenols is 1. The summed E-state index contributed by atoms with van der Waals surface area (Å²) in [5.74, 6) is 0.360. The highest BCUT2D eigenvalue weighted by atomic mass is 16.5. The number of fused-ring (bicyclic) bond motifs is 1. The number of nitrogens with zero attached hydrogens (tertiary/aromatic N) is 1. The molecule has 0 radical (unpaired) electrons. The van der Waals surface area contributed by atoms with Crippen molar-refractivity contribution in [1.29, 1.82) is 0 Å². The van der Waals surface area contributed by atoms with Crippen molar-refractivity contribution in [3.05, 3.63) is 29.8 Å². The Morgan fingerprint density at radius 3 is 3.18 bits per heavy atom. The third-order valence-corrected chi connectivity index (χ3v) is 3.89. The molecule has 3 rings (SSSR count). The van der Waals surface area contributed by atoms with Crippen LogP contribution in [0.15, 0.2) is 24.3 Å². The minimum absolute atomic E-state index is 0.360. The van der Waals surface area contributed by atoms with Crippen LogP contribution in [0.1, 0.15) is 24.8 Å². The first kappa shape index (κ1) is 11.1. The van der Waals surface area contributed by atoms with Gasteiger partial charge in [0.2, 0.25) is 0 Å². The summed E-state index contributed by atoms with van der Waals surface area (Å²) in [5.41, 5.74) is 1.19. The molecule has 0 spiro atoms. The maximum absolute atomic E-state index is 9.49. The normalized spacial score (nSPS) is 29.2. The Bertz CT molecular complexity index is 394. The van der Waals surface area contributed by atoms with Crippen LogP contribution in [-0.2, 0) is 11.3 Å². The van der Waals surface area contributed by atoms with Gasteiger partial charge >= 0.3 is 0 Å². The monoisotopic (exact) mass is 233 g/mol. The van der Waals surface area contributed by atoms with E-state index in [9.17, 15) is 5.11 Å². The lowest BCUT2D eigenvalue weighted by molar-refractivity contribution is -0.0588. The number of hydrogen-bond donors (Lipinski definition) is 1. The van der Waals surface area contributed by atoms with E-state index in [0.29, 0.717) is 17.9 Å². The maximum atomic E-state index is 9.49. The summed E-state index contributed by atoms with van der Waals surface area (Å²) < 4.78 is 5.80. The summed E-state index contributed by atoms with van der Waals surface area (Å²) in [6.45, 7) is 2.79. The topological polar surface area (TPSA) is 32.7 Å². The van der Waals surface area contributed by atoms with E-state index >= 15 is 0 Å². The standard InChI is InChI=1S/C14H19NO2/c16-12-4-1-3-11(9-12)10-15-7-8-17-14-6-2-5-13(14)15/h1,3-4,9,13-14,16H,2,5-8,10H2. The number of rotatable bonds is 2. The summed E-state index contributed by atoms with van der Waals surface area (Å²) in [7, 11) is 0. The molecule has 2 atom stereocenters. The number of aromatic hydroxyl groups is 1. The van der Waals surface area contributed by atoms with Crippen LogP contribution < -0.4 is 0 Å². The molecule has 1 aromatic carbocycles. The first-order chi connectivity index (χ1) is 8.33. The van der Waals surface area contributed by atoms with Crippen LogP contribution >= 0.6 is 0 Å². The van der Waals surface area contributed by atoms with Crippen LogP contribution in [0.4, 0.5) is 0 Å². The maximum Gasteiger partial charge on any atom is 0.115 e. The third-order valence-electron chi connectivity index (χ3n) is 3.89. The minimum atomic E-state index is 0.360. The van der Waals surface area contributed by atoms with Crippen molar-refractivity contribution in [2.24, 2.45) is 0 Å². The molecule has 1 aromatic rings. The van der Waals surface area contributed by atoms with E-state index in [1.165, 1.54) is 24.8 Å². The van der Waals surface area contributed by atoms with Gasteiger partial charge in [-0.3, -0.25) is 4.90 Å². The van der Waals surface area contributed by atoms with Crippen LogP contribution in [0.5, 0.6) is 5.75 Å². The van der Waals surface area contributed by atoms with Crippen LogP contribution in [0.25, 0.3) is 0 Å². The first-order valence-electron chi connectivity index (χ1n) is 6.46. The second kappa shape index (κ2) is 4.67.